The number of nitrogens with two attached hydrogens (primary N) is 1. The molecule has 0 bridgehead atoms. The second kappa shape index (κ2) is 5.19. The van der Waals surface area contributed by atoms with E-state index in [2.05, 4.69) is 12.8 Å². The molecule has 0 spiro atoms. The highest BCUT2D eigenvalue weighted by atomic mass is 32.2. The lowest BCUT2D eigenvalue weighted by molar-refractivity contribution is 1.03. The summed E-state index contributed by atoms with van der Waals surface area (Å²) in [5.74, 6) is 1.15. The molecular formula is C6H13NS. The average Bonchev–Trinajstić information content (AvgIpc) is 1.83. The first-order chi connectivity index (χ1) is 3.81. The van der Waals surface area contributed by atoms with Crippen molar-refractivity contribution in [1.82, 2.24) is 0 Å². The Bertz CT molecular complexity index is 70.9. The number of rotatable bonds is 4. The molecule has 2 N–H and O–H groups in total. The molecule has 2 heteroatoms. The van der Waals surface area contributed by atoms with Crippen LogP contribution in [0.15, 0.2) is 12.2 Å². The van der Waals surface area contributed by atoms with Gasteiger partial charge in [-0.25, -0.2) is 0 Å². The lowest BCUT2D eigenvalue weighted by Gasteiger charge is -1.97. The van der Waals surface area contributed by atoms with Gasteiger partial charge in [-0.15, -0.1) is 0 Å². The molecule has 0 aromatic heterocycles. The van der Waals surface area contributed by atoms with E-state index >= 15 is 0 Å². The minimum atomic E-state index is 0.639. The Balaban J connectivity index is 2.99. The van der Waals surface area contributed by atoms with Crippen molar-refractivity contribution >= 4 is 11.8 Å². The molecular weight excluding hydrogens is 118 g/mol. The predicted octanol–water partition coefficient (Wildman–Crippen LogP) is 1.25. The smallest absolute Gasteiger partial charge is 0.0134 e. The van der Waals surface area contributed by atoms with Crippen LogP contribution in [0.1, 0.15) is 6.42 Å². The summed E-state index contributed by atoms with van der Waals surface area (Å²) in [6.07, 6.45) is 3.15. The van der Waals surface area contributed by atoms with Crippen LogP contribution in [0.4, 0.5) is 0 Å². The Morgan fingerprint density at radius 2 is 2.38 bits per heavy atom. The standard InChI is InChI=1S/C6H13NS/c1-6(5-7)3-4-8-2/h1,3-5,7H2,2H3. The molecule has 0 saturated heterocycles. The molecule has 0 aliphatic heterocycles. The minimum absolute atomic E-state index is 0.639. The lowest BCUT2D eigenvalue weighted by atomic mass is 10.2. The van der Waals surface area contributed by atoms with Gasteiger partial charge in [0, 0.05) is 6.54 Å². The fraction of sp³-hybridized carbons (Fsp3) is 0.667. The van der Waals surface area contributed by atoms with Crippen molar-refractivity contribution in [2.75, 3.05) is 18.6 Å². The molecule has 8 heavy (non-hydrogen) atoms. The molecule has 0 aromatic rings. The van der Waals surface area contributed by atoms with Gasteiger partial charge in [0.15, 0.2) is 0 Å². The molecule has 0 aromatic carbocycles. The van der Waals surface area contributed by atoms with Crippen LogP contribution in [0, 0.1) is 0 Å². The van der Waals surface area contributed by atoms with Crippen molar-refractivity contribution in [1.29, 1.82) is 0 Å². The van der Waals surface area contributed by atoms with Gasteiger partial charge in [0.1, 0.15) is 0 Å². The summed E-state index contributed by atoms with van der Waals surface area (Å²) in [5.41, 5.74) is 6.46. The Kier molecular flexibility index (Phi) is 5.22. The molecule has 48 valence electrons. The predicted molar refractivity (Wildman–Crippen MR) is 41.2 cm³/mol. The molecule has 0 radical (unpaired) electrons. The molecule has 0 heterocycles. The molecule has 0 aliphatic rings. The third-order valence-corrected chi connectivity index (χ3v) is 1.56. The average molecular weight is 131 g/mol. The van der Waals surface area contributed by atoms with Gasteiger partial charge in [-0.2, -0.15) is 11.8 Å². The first-order valence-electron chi connectivity index (χ1n) is 2.67. The van der Waals surface area contributed by atoms with Gasteiger partial charge in [-0.05, 0) is 18.4 Å². The van der Waals surface area contributed by atoms with Crippen molar-refractivity contribution in [3.63, 3.8) is 0 Å². The normalized spacial score (nSPS) is 9.25. The summed E-state index contributed by atoms with van der Waals surface area (Å²) < 4.78 is 0. The second-order valence-corrected chi connectivity index (χ2v) is 2.68. The number of thioether (sulfide) groups is 1. The summed E-state index contributed by atoms with van der Waals surface area (Å²) in [5, 5.41) is 0. The molecule has 0 saturated carbocycles. The quantitative estimate of drug-likeness (QED) is 0.581. The zero-order valence-electron chi connectivity index (χ0n) is 5.31. The van der Waals surface area contributed by atoms with Crippen LogP contribution in [-0.2, 0) is 0 Å². The lowest BCUT2D eigenvalue weighted by Crippen LogP contribution is -2.02. The topological polar surface area (TPSA) is 26.0 Å². The van der Waals surface area contributed by atoms with E-state index < -0.39 is 0 Å². The fourth-order valence-electron chi connectivity index (χ4n) is 0.348. The van der Waals surface area contributed by atoms with E-state index in [4.69, 9.17) is 5.73 Å². The van der Waals surface area contributed by atoms with Gasteiger partial charge in [-0.3, -0.25) is 0 Å². The number of hydrogen-bond acceptors (Lipinski definition) is 2. The summed E-state index contributed by atoms with van der Waals surface area (Å²) >= 11 is 1.83. The molecule has 1 nitrogen and oxygen atoms in total. The van der Waals surface area contributed by atoms with E-state index in [1.807, 2.05) is 11.8 Å². The Morgan fingerprint density at radius 3 is 2.75 bits per heavy atom. The van der Waals surface area contributed by atoms with Crippen LogP contribution in [0.25, 0.3) is 0 Å². The van der Waals surface area contributed by atoms with E-state index in [0.717, 1.165) is 17.7 Å². The van der Waals surface area contributed by atoms with Crippen molar-refractivity contribution in [3.8, 4) is 0 Å². The zero-order valence-corrected chi connectivity index (χ0v) is 6.13. The van der Waals surface area contributed by atoms with Gasteiger partial charge in [0.05, 0.1) is 0 Å². The third kappa shape index (κ3) is 4.22. The fourth-order valence-corrected chi connectivity index (χ4v) is 0.841. The minimum Gasteiger partial charge on any atom is -0.327 e. The molecule has 0 unspecified atom stereocenters. The van der Waals surface area contributed by atoms with Crippen LogP contribution < -0.4 is 5.73 Å². The maximum absolute atomic E-state index is 5.30. The van der Waals surface area contributed by atoms with Crippen molar-refractivity contribution in [2.24, 2.45) is 5.73 Å². The van der Waals surface area contributed by atoms with Gasteiger partial charge >= 0.3 is 0 Å². The maximum Gasteiger partial charge on any atom is 0.0134 e. The van der Waals surface area contributed by atoms with Gasteiger partial charge in [0.2, 0.25) is 0 Å². The zero-order chi connectivity index (χ0) is 6.41. The maximum atomic E-state index is 5.30. The van der Waals surface area contributed by atoms with Crippen LogP contribution >= 0.6 is 11.8 Å². The first-order valence-corrected chi connectivity index (χ1v) is 4.06. The Hall–Kier alpha value is 0.0500. The van der Waals surface area contributed by atoms with E-state index in [1.54, 1.807) is 0 Å². The summed E-state index contributed by atoms with van der Waals surface area (Å²) in [4.78, 5) is 0. The number of hydrogen-bond donors (Lipinski definition) is 1. The van der Waals surface area contributed by atoms with Crippen LogP contribution in [0.5, 0.6) is 0 Å². The van der Waals surface area contributed by atoms with E-state index in [1.165, 1.54) is 0 Å². The first kappa shape index (κ1) is 8.05. The third-order valence-electron chi connectivity index (χ3n) is 0.948. The van der Waals surface area contributed by atoms with Crippen LogP contribution in [0.3, 0.4) is 0 Å². The summed E-state index contributed by atoms with van der Waals surface area (Å²) in [6, 6.07) is 0. The highest BCUT2D eigenvalue weighted by Gasteiger charge is 1.87. The van der Waals surface area contributed by atoms with Crippen molar-refractivity contribution in [2.45, 2.75) is 6.42 Å². The Labute approximate surface area is 55.3 Å². The van der Waals surface area contributed by atoms with Gasteiger partial charge < -0.3 is 5.73 Å². The molecule has 0 atom stereocenters. The molecule has 0 aliphatic carbocycles. The van der Waals surface area contributed by atoms with E-state index in [-0.39, 0.29) is 0 Å². The summed E-state index contributed by atoms with van der Waals surface area (Å²) in [6.45, 7) is 4.41. The molecule has 0 amide bonds. The largest absolute Gasteiger partial charge is 0.327 e. The molecule has 0 rings (SSSR count). The van der Waals surface area contributed by atoms with Gasteiger partial charge in [0.25, 0.3) is 0 Å². The highest BCUT2D eigenvalue weighted by Crippen LogP contribution is 2.01. The SMILES string of the molecule is C=C(CN)CCSC. The van der Waals surface area contributed by atoms with Crippen LogP contribution in [-0.4, -0.2) is 18.6 Å². The van der Waals surface area contributed by atoms with E-state index in [9.17, 15) is 0 Å². The monoisotopic (exact) mass is 131 g/mol. The van der Waals surface area contributed by atoms with Gasteiger partial charge in [-0.1, -0.05) is 12.2 Å². The summed E-state index contributed by atoms with van der Waals surface area (Å²) in [7, 11) is 0. The highest BCUT2D eigenvalue weighted by molar-refractivity contribution is 7.98. The van der Waals surface area contributed by atoms with Crippen molar-refractivity contribution in [3.05, 3.63) is 12.2 Å². The van der Waals surface area contributed by atoms with Crippen molar-refractivity contribution < 1.29 is 0 Å². The van der Waals surface area contributed by atoms with Crippen LogP contribution in [0.2, 0.25) is 0 Å². The Morgan fingerprint density at radius 1 is 1.75 bits per heavy atom. The molecule has 0 fully saturated rings. The van der Waals surface area contributed by atoms with E-state index in [0.29, 0.717) is 6.54 Å². The second-order valence-electron chi connectivity index (χ2n) is 1.70.